The number of hydrogen-bond acceptors (Lipinski definition) is 2. The van der Waals surface area contributed by atoms with Gasteiger partial charge in [0, 0.05) is 0 Å². The van der Waals surface area contributed by atoms with Gasteiger partial charge in [-0.2, -0.15) is 0 Å². The summed E-state index contributed by atoms with van der Waals surface area (Å²) in [4.78, 5) is 0. The largest absolute Gasteiger partial charge is 0.393 e. The average molecular weight is 346 g/mol. The number of rotatable bonds is 4. The lowest BCUT2D eigenvalue weighted by molar-refractivity contribution is -0.0747. The SMILES string of the molecule is CC12CCC(CCCCN)C=C1CCC1C2CCC2(C)C(O)CCC12. The molecule has 2 heteroatoms. The zero-order chi connectivity index (χ0) is 17.7. The van der Waals surface area contributed by atoms with Crippen molar-refractivity contribution >= 4 is 0 Å². The van der Waals surface area contributed by atoms with Gasteiger partial charge in [0.2, 0.25) is 0 Å². The van der Waals surface area contributed by atoms with E-state index in [0.717, 1.165) is 36.6 Å². The zero-order valence-corrected chi connectivity index (χ0v) is 16.5. The van der Waals surface area contributed by atoms with Gasteiger partial charge in [-0.3, -0.25) is 0 Å². The first-order valence-corrected chi connectivity index (χ1v) is 11.1. The molecule has 3 fully saturated rings. The molecule has 0 amide bonds. The van der Waals surface area contributed by atoms with Crippen LogP contribution in [0.2, 0.25) is 0 Å². The van der Waals surface area contributed by atoms with Crippen molar-refractivity contribution in [3.8, 4) is 0 Å². The minimum absolute atomic E-state index is 0.0403. The minimum Gasteiger partial charge on any atom is -0.393 e. The van der Waals surface area contributed by atoms with Gasteiger partial charge in [-0.1, -0.05) is 31.9 Å². The molecule has 25 heavy (non-hydrogen) atoms. The topological polar surface area (TPSA) is 46.2 Å². The summed E-state index contributed by atoms with van der Waals surface area (Å²) in [7, 11) is 0. The maximum Gasteiger partial charge on any atom is 0.0596 e. The maximum atomic E-state index is 10.6. The Hall–Kier alpha value is -0.340. The highest BCUT2D eigenvalue weighted by atomic mass is 16.3. The normalized spacial score (nSPS) is 49.1. The fourth-order valence-corrected chi connectivity index (χ4v) is 7.55. The van der Waals surface area contributed by atoms with Crippen molar-refractivity contribution in [2.75, 3.05) is 6.54 Å². The van der Waals surface area contributed by atoms with E-state index in [0.29, 0.717) is 5.41 Å². The molecule has 0 aromatic carbocycles. The Morgan fingerprint density at radius 1 is 1.04 bits per heavy atom. The molecule has 4 aliphatic rings. The molecule has 0 heterocycles. The van der Waals surface area contributed by atoms with Crippen molar-refractivity contribution in [2.45, 2.75) is 90.6 Å². The molecule has 0 aromatic rings. The highest BCUT2D eigenvalue weighted by Crippen LogP contribution is 2.65. The Labute approximate surface area is 154 Å². The van der Waals surface area contributed by atoms with Crippen molar-refractivity contribution in [3.63, 3.8) is 0 Å². The van der Waals surface area contributed by atoms with Crippen LogP contribution in [0.15, 0.2) is 11.6 Å². The van der Waals surface area contributed by atoms with E-state index >= 15 is 0 Å². The molecule has 4 rings (SSSR count). The standard InChI is InChI=1S/C23H39NO/c1-22-12-10-16(5-3-4-14-24)15-17(22)6-7-18-19-8-9-21(25)23(19,2)13-11-20(18)22/h15-16,18-21,25H,3-14,24H2,1-2H3. The van der Waals surface area contributed by atoms with Crippen LogP contribution in [0.3, 0.4) is 0 Å². The first-order valence-electron chi connectivity index (χ1n) is 11.1. The van der Waals surface area contributed by atoms with Gasteiger partial charge in [0.05, 0.1) is 6.10 Å². The lowest BCUT2D eigenvalue weighted by atomic mass is 9.47. The van der Waals surface area contributed by atoms with Gasteiger partial charge in [-0.15, -0.1) is 0 Å². The molecule has 142 valence electrons. The van der Waals surface area contributed by atoms with Gasteiger partial charge in [0.25, 0.3) is 0 Å². The van der Waals surface area contributed by atoms with Crippen molar-refractivity contribution in [3.05, 3.63) is 11.6 Å². The molecule has 0 aliphatic heterocycles. The first-order chi connectivity index (χ1) is 12.0. The number of aliphatic hydroxyl groups excluding tert-OH is 1. The molecule has 3 N–H and O–H groups in total. The van der Waals surface area contributed by atoms with Crippen LogP contribution in [0.1, 0.15) is 84.5 Å². The van der Waals surface area contributed by atoms with Gasteiger partial charge in [-0.05, 0) is 105 Å². The second kappa shape index (κ2) is 6.68. The molecule has 0 radical (unpaired) electrons. The van der Waals surface area contributed by atoms with Crippen LogP contribution in [-0.4, -0.2) is 17.8 Å². The van der Waals surface area contributed by atoms with Crippen LogP contribution in [0.4, 0.5) is 0 Å². The summed E-state index contributed by atoms with van der Waals surface area (Å²) in [5.74, 6) is 3.34. The maximum absolute atomic E-state index is 10.6. The van der Waals surface area contributed by atoms with E-state index in [1.807, 2.05) is 0 Å². The highest BCUT2D eigenvalue weighted by molar-refractivity contribution is 5.25. The Bertz CT molecular complexity index is 528. The molecule has 3 saturated carbocycles. The van der Waals surface area contributed by atoms with Crippen molar-refractivity contribution in [2.24, 2.45) is 40.2 Å². The third-order valence-corrected chi connectivity index (χ3v) is 9.19. The van der Waals surface area contributed by atoms with E-state index < -0.39 is 0 Å². The Kier molecular flexibility index (Phi) is 4.82. The van der Waals surface area contributed by atoms with Crippen LogP contribution in [0, 0.1) is 34.5 Å². The smallest absolute Gasteiger partial charge is 0.0596 e. The Morgan fingerprint density at radius 2 is 1.88 bits per heavy atom. The summed E-state index contributed by atoms with van der Waals surface area (Å²) in [5.41, 5.74) is 8.16. The van der Waals surface area contributed by atoms with E-state index in [4.69, 9.17) is 5.73 Å². The second-order valence-corrected chi connectivity index (χ2v) is 10.2. The lowest BCUT2D eigenvalue weighted by Crippen LogP contribution is -2.51. The number of aliphatic hydroxyl groups is 1. The third kappa shape index (κ3) is 2.83. The molecule has 7 unspecified atom stereocenters. The monoisotopic (exact) mass is 345 g/mol. The summed E-state index contributed by atoms with van der Waals surface area (Å²) in [5, 5.41) is 10.6. The van der Waals surface area contributed by atoms with Gasteiger partial charge in [0.15, 0.2) is 0 Å². The van der Waals surface area contributed by atoms with Gasteiger partial charge >= 0.3 is 0 Å². The number of unbranched alkanes of at least 4 members (excludes halogenated alkanes) is 1. The molecular formula is C23H39NO. The predicted molar refractivity (Wildman–Crippen MR) is 104 cm³/mol. The fourth-order valence-electron chi connectivity index (χ4n) is 7.55. The molecular weight excluding hydrogens is 306 g/mol. The molecule has 0 spiro atoms. The average Bonchev–Trinajstić information content (AvgIpc) is 2.90. The summed E-state index contributed by atoms with van der Waals surface area (Å²) in [6.07, 6.45) is 16.9. The minimum atomic E-state index is -0.0403. The van der Waals surface area contributed by atoms with Gasteiger partial charge in [0.1, 0.15) is 0 Å². The van der Waals surface area contributed by atoms with Gasteiger partial charge in [-0.25, -0.2) is 0 Å². The lowest BCUT2D eigenvalue weighted by Gasteiger charge is -2.58. The van der Waals surface area contributed by atoms with E-state index in [1.54, 1.807) is 5.57 Å². The number of nitrogens with two attached hydrogens (primary N) is 1. The molecule has 7 atom stereocenters. The molecule has 0 saturated heterocycles. The van der Waals surface area contributed by atoms with Crippen molar-refractivity contribution < 1.29 is 5.11 Å². The quantitative estimate of drug-likeness (QED) is 0.553. The predicted octanol–water partition coefficient (Wildman–Crippen LogP) is 5.06. The van der Waals surface area contributed by atoms with Crippen LogP contribution >= 0.6 is 0 Å². The van der Waals surface area contributed by atoms with E-state index in [2.05, 4.69) is 19.9 Å². The Balaban J connectivity index is 1.52. The van der Waals surface area contributed by atoms with Crippen LogP contribution in [0.25, 0.3) is 0 Å². The second-order valence-electron chi connectivity index (χ2n) is 10.2. The number of allylic oxidation sites excluding steroid dienone is 2. The first kappa shape index (κ1) is 18.0. The third-order valence-electron chi connectivity index (χ3n) is 9.19. The Morgan fingerprint density at radius 3 is 2.68 bits per heavy atom. The molecule has 4 aliphatic carbocycles. The van der Waals surface area contributed by atoms with Crippen molar-refractivity contribution in [1.29, 1.82) is 0 Å². The number of hydrogen-bond donors (Lipinski definition) is 2. The van der Waals surface area contributed by atoms with Crippen LogP contribution in [0.5, 0.6) is 0 Å². The molecule has 0 bridgehead atoms. The number of fused-ring (bicyclic) bond motifs is 5. The van der Waals surface area contributed by atoms with E-state index in [1.165, 1.54) is 64.2 Å². The zero-order valence-electron chi connectivity index (χ0n) is 16.5. The molecule has 2 nitrogen and oxygen atoms in total. The van der Waals surface area contributed by atoms with Gasteiger partial charge < -0.3 is 10.8 Å². The summed E-state index contributed by atoms with van der Waals surface area (Å²) in [6.45, 7) is 5.84. The highest BCUT2D eigenvalue weighted by Gasteiger charge is 2.58. The fraction of sp³-hybridized carbons (Fsp3) is 0.913. The molecule has 0 aromatic heterocycles. The van der Waals surface area contributed by atoms with Crippen LogP contribution in [-0.2, 0) is 0 Å². The van der Waals surface area contributed by atoms with E-state index in [9.17, 15) is 5.11 Å². The van der Waals surface area contributed by atoms with Crippen molar-refractivity contribution in [1.82, 2.24) is 0 Å². The van der Waals surface area contributed by atoms with E-state index in [-0.39, 0.29) is 11.5 Å². The van der Waals surface area contributed by atoms with Crippen LogP contribution < -0.4 is 5.73 Å². The summed E-state index contributed by atoms with van der Waals surface area (Å²) in [6, 6.07) is 0. The summed E-state index contributed by atoms with van der Waals surface area (Å²) < 4.78 is 0. The summed E-state index contributed by atoms with van der Waals surface area (Å²) >= 11 is 0.